The minimum Gasteiger partial charge on any atom is -0.308 e. The van der Waals surface area contributed by atoms with Crippen LogP contribution >= 0.6 is 11.3 Å². The summed E-state index contributed by atoms with van der Waals surface area (Å²) in [4.78, 5) is 25.5. The normalized spacial score (nSPS) is 22.9. The lowest BCUT2D eigenvalue weighted by Gasteiger charge is -2.42. The van der Waals surface area contributed by atoms with Gasteiger partial charge in [0.2, 0.25) is 5.91 Å². The zero-order valence-electron chi connectivity index (χ0n) is 15.5. The first-order valence-corrected chi connectivity index (χ1v) is 10.1. The van der Waals surface area contributed by atoms with Crippen LogP contribution in [0.4, 0.5) is 5.69 Å². The first-order chi connectivity index (χ1) is 12.6. The summed E-state index contributed by atoms with van der Waals surface area (Å²) in [6.45, 7) is 7.74. The highest BCUT2D eigenvalue weighted by Crippen LogP contribution is 2.24. The largest absolute Gasteiger partial charge is 0.308 e. The molecule has 2 aromatic heterocycles. The monoisotopic (exact) mass is 374 g/mol. The molecule has 1 amide bonds. The van der Waals surface area contributed by atoms with E-state index in [4.69, 9.17) is 0 Å². The summed E-state index contributed by atoms with van der Waals surface area (Å²) >= 11 is 1.78. The van der Waals surface area contributed by atoms with Crippen LogP contribution in [0.3, 0.4) is 0 Å². The predicted molar refractivity (Wildman–Crippen MR) is 102 cm³/mol. The molecule has 0 N–H and O–H groups in total. The molecule has 0 bridgehead atoms. The number of nitrogens with zero attached hydrogens (tertiary/aromatic N) is 6. The van der Waals surface area contributed by atoms with Crippen LogP contribution in [-0.4, -0.2) is 69.2 Å². The van der Waals surface area contributed by atoms with Gasteiger partial charge in [-0.15, -0.1) is 11.3 Å². The van der Waals surface area contributed by atoms with Gasteiger partial charge in [-0.05, 0) is 19.8 Å². The van der Waals surface area contributed by atoms with Gasteiger partial charge in [-0.3, -0.25) is 19.3 Å². The van der Waals surface area contributed by atoms with Crippen molar-refractivity contribution < 1.29 is 4.79 Å². The number of hydrogen-bond acceptors (Lipinski definition) is 6. The van der Waals surface area contributed by atoms with Crippen molar-refractivity contribution in [3.05, 3.63) is 28.5 Å². The van der Waals surface area contributed by atoms with Crippen molar-refractivity contribution in [2.45, 2.75) is 32.4 Å². The number of hydrogen-bond donors (Lipinski definition) is 0. The van der Waals surface area contributed by atoms with Crippen LogP contribution in [0.15, 0.2) is 18.6 Å². The molecule has 8 heteroatoms. The third-order valence-corrected chi connectivity index (χ3v) is 6.21. The molecule has 7 nitrogen and oxygen atoms in total. The number of aryl methyl sites for hydroxylation is 2. The molecule has 0 aromatic carbocycles. The highest BCUT2D eigenvalue weighted by molar-refractivity contribution is 7.11. The first kappa shape index (κ1) is 17.6. The van der Waals surface area contributed by atoms with Gasteiger partial charge in [0.25, 0.3) is 0 Å². The number of carbonyl (C=O) groups is 1. The third-order valence-electron chi connectivity index (χ3n) is 5.31. The maximum Gasteiger partial charge on any atom is 0.244 e. The zero-order valence-corrected chi connectivity index (χ0v) is 16.3. The van der Waals surface area contributed by atoms with E-state index in [-0.39, 0.29) is 11.9 Å². The lowest BCUT2D eigenvalue weighted by Crippen LogP contribution is -2.57. The summed E-state index contributed by atoms with van der Waals surface area (Å²) in [6.07, 6.45) is 7.71. The van der Waals surface area contributed by atoms with Gasteiger partial charge >= 0.3 is 0 Å². The molecule has 2 aliphatic heterocycles. The van der Waals surface area contributed by atoms with E-state index in [0.29, 0.717) is 0 Å². The zero-order chi connectivity index (χ0) is 18.1. The third kappa shape index (κ3) is 3.67. The molecule has 0 radical (unpaired) electrons. The van der Waals surface area contributed by atoms with E-state index >= 15 is 0 Å². The van der Waals surface area contributed by atoms with E-state index in [1.54, 1.807) is 22.2 Å². The SMILES string of the molecule is Cc1ncc(CN2CCN(C3CCCN(c4cnn(C)c4)C3=O)CC2)s1. The molecule has 140 valence electrons. The van der Waals surface area contributed by atoms with Crippen LogP contribution < -0.4 is 4.90 Å². The van der Waals surface area contributed by atoms with E-state index in [1.807, 2.05) is 24.3 Å². The average molecular weight is 375 g/mol. The molecule has 4 rings (SSSR count). The first-order valence-electron chi connectivity index (χ1n) is 9.28. The summed E-state index contributed by atoms with van der Waals surface area (Å²) in [5.74, 6) is 0.232. The smallest absolute Gasteiger partial charge is 0.244 e. The standard InChI is InChI=1S/C18H26N6OS/c1-14-19-11-16(26-14)13-22-6-8-23(9-7-22)17-4-3-5-24(18(17)25)15-10-20-21(2)12-15/h10-12,17H,3-9,13H2,1-2H3. The molecular weight excluding hydrogens is 348 g/mol. The van der Waals surface area contributed by atoms with E-state index in [0.717, 1.165) is 62.8 Å². The molecule has 1 unspecified atom stereocenters. The van der Waals surface area contributed by atoms with Crippen LogP contribution in [0, 0.1) is 6.92 Å². The molecule has 2 aromatic rings. The maximum absolute atomic E-state index is 13.0. The Balaban J connectivity index is 1.35. The number of amides is 1. The van der Waals surface area contributed by atoms with Crippen molar-refractivity contribution in [2.24, 2.45) is 7.05 Å². The van der Waals surface area contributed by atoms with Gasteiger partial charge in [-0.1, -0.05) is 0 Å². The number of thiazole rings is 1. The van der Waals surface area contributed by atoms with Gasteiger partial charge in [0.1, 0.15) is 0 Å². The van der Waals surface area contributed by atoms with E-state index in [9.17, 15) is 4.79 Å². The van der Waals surface area contributed by atoms with Crippen LogP contribution in [0.1, 0.15) is 22.7 Å². The fourth-order valence-corrected chi connectivity index (χ4v) is 4.77. The molecular formula is C18H26N6OS. The van der Waals surface area contributed by atoms with Gasteiger partial charge in [-0.25, -0.2) is 4.98 Å². The maximum atomic E-state index is 13.0. The minimum atomic E-state index is 0.0109. The van der Waals surface area contributed by atoms with Crippen molar-refractivity contribution in [2.75, 3.05) is 37.6 Å². The molecule has 2 aliphatic rings. The summed E-state index contributed by atoms with van der Waals surface area (Å²) in [7, 11) is 1.89. The Morgan fingerprint density at radius 2 is 2.00 bits per heavy atom. The number of rotatable bonds is 4. The van der Waals surface area contributed by atoms with Crippen LogP contribution in [0.2, 0.25) is 0 Å². The van der Waals surface area contributed by atoms with Crippen molar-refractivity contribution >= 4 is 22.9 Å². The van der Waals surface area contributed by atoms with Gasteiger partial charge in [-0.2, -0.15) is 5.10 Å². The lowest BCUT2D eigenvalue weighted by molar-refractivity contribution is -0.126. The van der Waals surface area contributed by atoms with Crippen LogP contribution in [-0.2, 0) is 18.4 Å². The fourth-order valence-electron chi connectivity index (χ4n) is 3.93. The number of piperazine rings is 1. The summed E-state index contributed by atoms with van der Waals surface area (Å²) in [6, 6.07) is 0.0109. The minimum absolute atomic E-state index is 0.0109. The number of aromatic nitrogens is 3. The Kier molecular flexibility index (Phi) is 5.06. The second-order valence-electron chi connectivity index (χ2n) is 7.18. The van der Waals surface area contributed by atoms with Crippen molar-refractivity contribution in [1.82, 2.24) is 24.6 Å². The fraction of sp³-hybridized carbons (Fsp3) is 0.611. The Labute approximate surface area is 158 Å². The molecule has 1 atom stereocenters. The van der Waals surface area contributed by atoms with E-state index < -0.39 is 0 Å². The molecule has 0 aliphatic carbocycles. The second-order valence-corrected chi connectivity index (χ2v) is 8.50. The van der Waals surface area contributed by atoms with Gasteiger partial charge in [0, 0.05) is 63.6 Å². The summed E-state index contributed by atoms with van der Waals surface area (Å²) in [5.41, 5.74) is 0.918. The van der Waals surface area contributed by atoms with Gasteiger partial charge in [0.05, 0.1) is 22.9 Å². The molecule has 2 saturated heterocycles. The summed E-state index contributed by atoms with van der Waals surface area (Å²) < 4.78 is 1.76. The molecule has 2 fully saturated rings. The Morgan fingerprint density at radius 1 is 1.19 bits per heavy atom. The number of anilines is 1. The number of carbonyl (C=O) groups excluding carboxylic acids is 1. The molecule has 26 heavy (non-hydrogen) atoms. The average Bonchev–Trinajstić information content (AvgIpc) is 3.24. The van der Waals surface area contributed by atoms with Crippen molar-refractivity contribution in [3.63, 3.8) is 0 Å². The topological polar surface area (TPSA) is 57.5 Å². The van der Waals surface area contributed by atoms with E-state index in [1.165, 1.54) is 4.88 Å². The molecule has 4 heterocycles. The van der Waals surface area contributed by atoms with Gasteiger partial charge in [0.15, 0.2) is 0 Å². The quantitative estimate of drug-likeness (QED) is 0.812. The van der Waals surface area contributed by atoms with E-state index in [2.05, 4.69) is 26.8 Å². The Morgan fingerprint density at radius 3 is 2.65 bits per heavy atom. The predicted octanol–water partition coefficient (Wildman–Crippen LogP) is 1.50. The van der Waals surface area contributed by atoms with Gasteiger partial charge < -0.3 is 4.90 Å². The lowest BCUT2D eigenvalue weighted by atomic mass is 10.0. The highest BCUT2D eigenvalue weighted by Gasteiger charge is 2.35. The second kappa shape index (κ2) is 7.46. The number of piperidine rings is 1. The highest BCUT2D eigenvalue weighted by atomic mass is 32.1. The van der Waals surface area contributed by atoms with Crippen molar-refractivity contribution in [1.29, 1.82) is 0 Å². The molecule has 0 spiro atoms. The van der Waals surface area contributed by atoms with Crippen LogP contribution in [0.25, 0.3) is 0 Å². The Bertz CT molecular complexity index is 763. The van der Waals surface area contributed by atoms with Crippen molar-refractivity contribution in [3.8, 4) is 0 Å². The van der Waals surface area contributed by atoms with Crippen LogP contribution in [0.5, 0.6) is 0 Å². The Hall–Kier alpha value is -1.77. The summed E-state index contributed by atoms with van der Waals surface area (Å²) in [5, 5.41) is 5.34. The molecule has 0 saturated carbocycles.